The van der Waals surface area contributed by atoms with Gasteiger partial charge in [0.25, 0.3) is 0 Å². The zero-order valence-corrected chi connectivity index (χ0v) is 10.5. The molecule has 0 heterocycles. The molecular formula is C13H20N2O2. The lowest BCUT2D eigenvalue weighted by Crippen LogP contribution is -2.18. The van der Waals surface area contributed by atoms with E-state index in [0.29, 0.717) is 26.0 Å². The van der Waals surface area contributed by atoms with Crippen molar-refractivity contribution in [2.75, 3.05) is 13.7 Å². The Balaban J connectivity index is 2.43. The third-order valence-corrected chi connectivity index (χ3v) is 2.52. The summed E-state index contributed by atoms with van der Waals surface area (Å²) in [4.78, 5) is 11.0. The van der Waals surface area contributed by atoms with Gasteiger partial charge in [-0.25, -0.2) is 0 Å². The fraction of sp³-hybridized carbons (Fsp3) is 0.462. The number of benzene rings is 1. The molecule has 0 radical (unpaired) electrons. The van der Waals surface area contributed by atoms with Crippen molar-refractivity contribution in [3.05, 3.63) is 29.3 Å². The predicted molar refractivity (Wildman–Crippen MR) is 67.9 cm³/mol. The lowest BCUT2D eigenvalue weighted by molar-refractivity contribution is -0.120. The average molecular weight is 236 g/mol. The van der Waals surface area contributed by atoms with Gasteiger partial charge in [-0.3, -0.25) is 4.79 Å². The number of nitrogens with one attached hydrogen (secondary N) is 1. The number of carbonyl (C=O) groups is 1. The van der Waals surface area contributed by atoms with Gasteiger partial charge in [0, 0.05) is 25.6 Å². The van der Waals surface area contributed by atoms with E-state index in [0.717, 1.165) is 11.3 Å². The minimum absolute atomic E-state index is 0.0385. The molecule has 0 aliphatic heterocycles. The summed E-state index contributed by atoms with van der Waals surface area (Å²) in [6.07, 6.45) is 1.19. The van der Waals surface area contributed by atoms with Crippen LogP contribution in [0.1, 0.15) is 24.0 Å². The van der Waals surface area contributed by atoms with E-state index >= 15 is 0 Å². The van der Waals surface area contributed by atoms with Gasteiger partial charge in [-0.2, -0.15) is 0 Å². The molecule has 4 heteroatoms. The summed E-state index contributed by atoms with van der Waals surface area (Å²) in [5.74, 6) is 0.853. The van der Waals surface area contributed by atoms with Crippen molar-refractivity contribution in [2.24, 2.45) is 5.73 Å². The summed E-state index contributed by atoms with van der Waals surface area (Å²) in [6.45, 7) is 3.02. The fourth-order valence-electron chi connectivity index (χ4n) is 1.55. The van der Waals surface area contributed by atoms with Gasteiger partial charge in [0.05, 0.1) is 6.61 Å². The van der Waals surface area contributed by atoms with Crippen LogP contribution in [0.15, 0.2) is 18.2 Å². The molecule has 1 aromatic carbocycles. The summed E-state index contributed by atoms with van der Waals surface area (Å²) in [6, 6.07) is 5.94. The highest BCUT2D eigenvalue weighted by molar-refractivity contribution is 5.75. The van der Waals surface area contributed by atoms with Crippen LogP contribution in [-0.4, -0.2) is 19.6 Å². The molecule has 0 fully saturated rings. The summed E-state index contributed by atoms with van der Waals surface area (Å²) in [7, 11) is 1.63. The molecule has 4 nitrogen and oxygen atoms in total. The molecule has 94 valence electrons. The van der Waals surface area contributed by atoms with Crippen LogP contribution in [0.3, 0.4) is 0 Å². The molecule has 0 saturated heterocycles. The van der Waals surface area contributed by atoms with Gasteiger partial charge in [0.15, 0.2) is 0 Å². The number of nitrogens with two attached hydrogens (primary N) is 1. The number of hydrogen-bond donors (Lipinski definition) is 2. The van der Waals surface area contributed by atoms with E-state index in [1.165, 1.54) is 5.56 Å². The third-order valence-electron chi connectivity index (χ3n) is 2.52. The SMILES string of the molecule is CNC(=O)CCCOc1ccc(C)cc1CN. The summed E-state index contributed by atoms with van der Waals surface area (Å²) in [5.41, 5.74) is 7.82. The van der Waals surface area contributed by atoms with Crippen LogP contribution in [0.4, 0.5) is 0 Å². The Kier molecular flexibility index (Phi) is 5.49. The molecule has 17 heavy (non-hydrogen) atoms. The highest BCUT2D eigenvalue weighted by Crippen LogP contribution is 2.19. The van der Waals surface area contributed by atoms with Crippen LogP contribution in [-0.2, 0) is 11.3 Å². The first-order valence-electron chi connectivity index (χ1n) is 5.80. The molecule has 1 amide bonds. The summed E-state index contributed by atoms with van der Waals surface area (Å²) < 4.78 is 5.62. The number of rotatable bonds is 6. The zero-order chi connectivity index (χ0) is 12.7. The molecule has 0 spiro atoms. The number of hydrogen-bond acceptors (Lipinski definition) is 3. The standard InChI is InChI=1S/C13H20N2O2/c1-10-5-6-12(11(8-10)9-14)17-7-3-4-13(16)15-2/h5-6,8H,3-4,7,9,14H2,1-2H3,(H,15,16). The maximum Gasteiger partial charge on any atom is 0.219 e. The fourth-order valence-corrected chi connectivity index (χ4v) is 1.55. The lowest BCUT2D eigenvalue weighted by atomic mass is 10.1. The van der Waals surface area contributed by atoms with Crippen LogP contribution in [0, 0.1) is 6.92 Å². The largest absolute Gasteiger partial charge is 0.493 e. The van der Waals surface area contributed by atoms with Gasteiger partial charge in [-0.15, -0.1) is 0 Å². The Bertz CT molecular complexity index is 378. The third kappa shape index (κ3) is 4.44. The van der Waals surface area contributed by atoms with Crippen LogP contribution in [0.2, 0.25) is 0 Å². The van der Waals surface area contributed by atoms with Crippen molar-refractivity contribution in [3.63, 3.8) is 0 Å². The second-order valence-electron chi connectivity index (χ2n) is 3.94. The van der Waals surface area contributed by atoms with E-state index in [9.17, 15) is 4.79 Å². The minimum atomic E-state index is 0.0385. The molecule has 0 unspecified atom stereocenters. The molecule has 0 saturated carbocycles. The maximum absolute atomic E-state index is 11.0. The van der Waals surface area contributed by atoms with Crippen LogP contribution < -0.4 is 15.8 Å². The molecule has 0 bridgehead atoms. The van der Waals surface area contributed by atoms with Crippen LogP contribution in [0.5, 0.6) is 5.75 Å². The zero-order valence-electron chi connectivity index (χ0n) is 10.5. The van der Waals surface area contributed by atoms with Gasteiger partial charge >= 0.3 is 0 Å². The van der Waals surface area contributed by atoms with Gasteiger partial charge in [-0.05, 0) is 19.4 Å². The number of ether oxygens (including phenoxy) is 1. The monoisotopic (exact) mass is 236 g/mol. The van der Waals surface area contributed by atoms with Crippen molar-refractivity contribution in [2.45, 2.75) is 26.3 Å². The Hall–Kier alpha value is -1.55. The van der Waals surface area contributed by atoms with Crippen molar-refractivity contribution in [1.29, 1.82) is 0 Å². The van der Waals surface area contributed by atoms with Gasteiger partial charge < -0.3 is 15.8 Å². The van der Waals surface area contributed by atoms with Gasteiger partial charge in [0.2, 0.25) is 5.91 Å². The first-order chi connectivity index (χ1) is 8.17. The Morgan fingerprint density at radius 1 is 1.47 bits per heavy atom. The molecule has 0 aliphatic carbocycles. The Labute approximate surface area is 102 Å². The first kappa shape index (κ1) is 13.5. The predicted octanol–water partition coefficient (Wildman–Crippen LogP) is 1.36. The molecule has 0 atom stereocenters. The highest BCUT2D eigenvalue weighted by atomic mass is 16.5. The van der Waals surface area contributed by atoms with Crippen molar-refractivity contribution in [1.82, 2.24) is 5.32 Å². The average Bonchev–Trinajstić information content (AvgIpc) is 2.35. The lowest BCUT2D eigenvalue weighted by Gasteiger charge is -2.10. The second kappa shape index (κ2) is 6.91. The van der Waals surface area contributed by atoms with Crippen molar-refractivity contribution >= 4 is 5.91 Å². The quantitative estimate of drug-likeness (QED) is 0.733. The van der Waals surface area contributed by atoms with Crippen LogP contribution in [0.25, 0.3) is 0 Å². The van der Waals surface area contributed by atoms with E-state index in [1.54, 1.807) is 7.05 Å². The van der Waals surface area contributed by atoms with Crippen molar-refractivity contribution in [3.8, 4) is 5.75 Å². The first-order valence-corrected chi connectivity index (χ1v) is 5.80. The summed E-state index contributed by atoms with van der Waals surface area (Å²) in [5, 5.41) is 2.58. The van der Waals surface area contributed by atoms with E-state index in [1.807, 2.05) is 25.1 Å². The number of amides is 1. The van der Waals surface area contributed by atoms with E-state index in [-0.39, 0.29) is 5.91 Å². The van der Waals surface area contributed by atoms with Crippen LogP contribution >= 0.6 is 0 Å². The highest BCUT2D eigenvalue weighted by Gasteiger charge is 2.03. The van der Waals surface area contributed by atoms with Crippen molar-refractivity contribution < 1.29 is 9.53 Å². The van der Waals surface area contributed by atoms with Gasteiger partial charge in [-0.1, -0.05) is 17.7 Å². The van der Waals surface area contributed by atoms with E-state index in [2.05, 4.69) is 5.32 Å². The molecule has 3 N–H and O–H groups in total. The number of aryl methyl sites for hydroxylation is 1. The Morgan fingerprint density at radius 3 is 2.88 bits per heavy atom. The topological polar surface area (TPSA) is 64.3 Å². The molecule has 1 rings (SSSR count). The number of carbonyl (C=O) groups excluding carboxylic acids is 1. The smallest absolute Gasteiger partial charge is 0.219 e. The van der Waals surface area contributed by atoms with Gasteiger partial charge in [0.1, 0.15) is 5.75 Å². The maximum atomic E-state index is 11.0. The van der Waals surface area contributed by atoms with E-state index in [4.69, 9.17) is 10.5 Å². The normalized spacial score (nSPS) is 10.1. The summed E-state index contributed by atoms with van der Waals surface area (Å²) >= 11 is 0. The molecule has 0 aromatic heterocycles. The van der Waals surface area contributed by atoms with E-state index < -0.39 is 0 Å². The molecule has 1 aromatic rings. The molecular weight excluding hydrogens is 216 g/mol. The Morgan fingerprint density at radius 2 is 2.24 bits per heavy atom. The second-order valence-corrected chi connectivity index (χ2v) is 3.94. The molecule has 0 aliphatic rings. The minimum Gasteiger partial charge on any atom is -0.493 e.